The van der Waals surface area contributed by atoms with Crippen molar-refractivity contribution < 1.29 is 9.72 Å². The summed E-state index contributed by atoms with van der Waals surface area (Å²) in [6, 6.07) is 23.8. The molecule has 0 radical (unpaired) electrons. The molecular weight excluding hydrogens is 398 g/mol. The lowest BCUT2D eigenvalue weighted by atomic mass is 10.0. The summed E-state index contributed by atoms with van der Waals surface area (Å²) >= 11 is 1.39. The van der Waals surface area contributed by atoms with Crippen LogP contribution >= 0.6 is 11.3 Å². The Hall–Kier alpha value is -3.84. The summed E-state index contributed by atoms with van der Waals surface area (Å²) < 4.78 is 0. The van der Waals surface area contributed by atoms with Gasteiger partial charge in [0.15, 0.2) is 5.13 Å². The van der Waals surface area contributed by atoms with Crippen LogP contribution in [0.3, 0.4) is 0 Å². The average molecular weight is 415 g/mol. The Labute approximate surface area is 177 Å². The van der Waals surface area contributed by atoms with Crippen molar-refractivity contribution in [1.29, 1.82) is 0 Å². The van der Waals surface area contributed by atoms with E-state index in [2.05, 4.69) is 34.6 Å². The molecule has 0 aliphatic rings. The molecule has 1 aromatic heterocycles. The molecule has 0 spiro atoms. The molecule has 30 heavy (non-hydrogen) atoms. The molecule has 0 bridgehead atoms. The summed E-state index contributed by atoms with van der Waals surface area (Å²) in [4.78, 5) is 28.2. The number of hydrogen-bond donors (Lipinski definition) is 1. The van der Waals surface area contributed by atoms with Crippen LogP contribution in [0.1, 0.15) is 15.2 Å². The van der Waals surface area contributed by atoms with E-state index < -0.39 is 4.92 Å². The quantitative estimate of drug-likeness (QED) is 0.323. The van der Waals surface area contributed by atoms with Gasteiger partial charge in [-0.1, -0.05) is 54.6 Å². The smallest absolute Gasteiger partial charge is 0.269 e. The van der Waals surface area contributed by atoms with Gasteiger partial charge in [0.25, 0.3) is 11.6 Å². The number of aryl methyl sites for hydroxylation is 1. The van der Waals surface area contributed by atoms with Crippen molar-refractivity contribution in [3.63, 3.8) is 0 Å². The molecule has 1 amide bonds. The molecule has 4 aromatic rings. The first-order valence-electron chi connectivity index (χ1n) is 9.20. The molecule has 0 saturated heterocycles. The van der Waals surface area contributed by atoms with Gasteiger partial charge in [0.2, 0.25) is 0 Å². The number of non-ortho nitro benzene ring substituents is 1. The lowest BCUT2D eigenvalue weighted by Gasteiger charge is -2.04. The van der Waals surface area contributed by atoms with Crippen molar-refractivity contribution in [3.05, 3.63) is 99.4 Å². The van der Waals surface area contributed by atoms with E-state index in [-0.39, 0.29) is 11.6 Å². The zero-order valence-corrected chi connectivity index (χ0v) is 16.8. The first kappa shape index (κ1) is 19.5. The van der Waals surface area contributed by atoms with Crippen LogP contribution in [0.15, 0.2) is 78.9 Å². The van der Waals surface area contributed by atoms with Gasteiger partial charge in [0.1, 0.15) is 0 Å². The predicted octanol–water partition coefficient (Wildman–Crippen LogP) is 5.95. The molecule has 148 valence electrons. The SMILES string of the molecule is Cc1sc(NC(=O)c2ccc([N+](=O)[O-])cc2)nc1-c1ccc(-c2ccccc2)cc1. The standard InChI is InChI=1S/C23H17N3O3S/c1-15-21(18-9-7-17(8-10-18)16-5-3-2-4-6-16)24-23(30-15)25-22(27)19-11-13-20(14-12-19)26(28)29/h2-14H,1H3,(H,24,25,27). The van der Waals surface area contributed by atoms with Crippen molar-refractivity contribution in [2.45, 2.75) is 6.92 Å². The fraction of sp³-hybridized carbons (Fsp3) is 0.0435. The predicted molar refractivity (Wildman–Crippen MR) is 119 cm³/mol. The van der Waals surface area contributed by atoms with Crippen LogP contribution in [0.2, 0.25) is 0 Å². The highest BCUT2D eigenvalue weighted by Crippen LogP contribution is 2.32. The average Bonchev–Trinajstić information content (AvgIpc) is 3.14. The third kappa shape index (κ3) is 4.11. The highest BCUT2D eigenvalue weighted by Gasteiger charge is 2.14. The number of carbonyl (C=O) groups is 1. The van der Waals surface area contributed by atoms with E-state index in [0.29, 0.717) is 10.7 Å². The summed E-state index contributed by atoms with van der Waals surface area (Å²) in [5.41, 5.74) is 4.34. The maximum absolute atomic E-state index is 12.4. The minimum atomic E-state index is -0.499. The molecule has 0 unspecified atom stereocenters. The van der Waals surface area contributed by atoms with Crippen LogP contribution in [0, 0.1) is 17.0 Å². The second kappa shape index (κ2) is 8.26. The fourth-order valence-corrected chi connectivity index (χ4v) is 3.90. The first-order chi connectivity index (χ1) is 14.5. The number of nitrogens with zero attached hydrogens (tertiary/aromatic N) is 2. The highest BCUT2D eigenvalue weighted by atomic mass is 32.1. The number of nitrogens with one attached hydrogen (secondary N) is 1. The fourth-order valence-electron chi connectivity index (χ4n) is 3.07. The highest BCUT2D eigenvalue weighted by molar-refractivity contribution is 7.16. The van der Waals surface area contributed by atoms with Gasteiger partial charge in [-0.3, -0.25) is 20.2 Å². The van der Waals surface area contributed by atoms with E-state index in [0.717, 1.165) is 27.3 Å². The number of aromatic nitrogens is 1. The van der Waals surface area contributed by atoms with Gasteiger partial charge in [0.05, 0.1) is 10.6 Å². The Kier molecular flexibility index (Phi) is 5.36. The number of amides is 1. The van der Waals surface area contributed by atoms with Crippen LogP contribution in [0.4, 0.5) is 10.8 Å². The van der Waals surface area contributed by atoms with Gasteiger partial charge in [-0.2, -0.15) is 0 Å². The van der Waals surface area contributed by atoms with E-state index in [1.807, 2.05) is 37.3 Å². The lowest BCUT2D eigenvalue weighted by Crippen LogP contribution is -2.11. The summed E-state index contributed by atoms with van der Waals surface area (Å²) in [7, 11) is 0. The topological polar surface area (TPSA) is 85.1 Å². The van der Waals surface area contributed by atoms with Crippen LogP contribution in [-0.2, 0) is 0 Å². The summed E-state index contributed by atoms with van der Waals surface area (Å²) in [5.74, 6) is -0.357. The van der Waals surface area contributed by atoms with Crippen molar-refractivity contribution >= 4 is 28.1 Å². The van der Waals surface area contributed by atoms with E-state index in [1.165, 1.54) is 35.6 Å². The number of rotatable bonds is 5. The largest absolute Gasteiger partial charge is 0.298 e. The van der Waals surface area contributed by atoms with E-state index in [1.54, 1.807) is 0 Å². The minimum absolute atomic E-state index is 0.0575. The number of nitro benzene ring substituents is 1. The van der Waals surface area contributed by atoms with Gasteiger partial charge in [0, 0.05) is 28.1 Å². The second-order valence-corrected chi connectivity index (χ2v) is 7.83. The van der Waals surface area contributed by atoms with Gasteiger partial charge >= 0.3 is 0 Å². The van der Waals surface area contributed by atoms with Gasteiger partial charge in [-0.15, -0.1) is 11.3 Å². The molecule has 0 fully saturated rings. The van der Waals surface area contributed by atoms with E-state index in [9.17, 15) is 14.9 Å². The summed E-state index contributed by atoms with van der Waals surface area (Å²) in [5, 5.41) is 14.0. The molecule has 0 saturated carbocycles. The van der Waals surface area contributed by atoms with Crippen LogP contribution < -0.4 is 5.32 Å². The molecule has 1 heterocycles. The Balaban J connectivity index is 1.51. The Morgan fingerprint density at radius 1 is 0.900 bits per heavy atom. The van der Waals surface area contributed by atoms with Crippen LogP contribution in [0.25, 0.3) is 22.4 Å². The first-order valence-corrected chi connectivity index (χ1v) is 10.0. The summed E-state index contributed by atoms with van der Waals surface area (Å²) in [6.07, 6.45) is 0. The number of benzene rings is 3. The molecule has 0 atom stereocenters. The Morgan fingerprint density at radius 3 is 2.13 bits per heavy atom. The molecular formula is C23H17N3O3S. The number of nitro groups is 1. The Bertz CT molecular complexity index is 1200. The normalized spacial score (nSPS) is 10.6. The molecule has 1 N–H and O–H groups in total. The molecule has 7 heteroatoms. The maximum Gasteiger partial charge on any atom is 0.269 e. The molecule has 0 aliphatic carbocycles. The van der Waals surface area contributed by atoms with Gasteiger partial charge < -0.3 is 0 Å². The van der Waals surface area contributed by atoms with Gasteiger partial charge in [-0.25, -0.2) is 4.98 Å². The number of carbonyl (C=O) groups excluding carboxylic acids is 1. The lowest BCUT2D eigenvalue weighted by molar-refractivity contribution is -0.384. The van der Waals surface area contributed by atoms with Crippen LogP contribution in [0.5, 0.6) is 0 Å². The third-order valence-electron chi connectivity index (χ3n) is 4.62. The zero-order chi connectivity index (χ0) is 21.1. The monoisotopic (exact) mass is 415 g/mol. The van der Waals surface area contributed by atoms with Gasteiger partial charge in [-0.05, 0) is 30.2 Å². The van der Waals surface area contributed by atoms with Crippen LogP contribution in [-0.4, -0.2) is 15.8 Å². The van der Waals surface area contributed by atoms with Crippen molar-refractivity contribution in [3.8, 4) is 22.4 Å². The number of thiazole rings is 1. The van der Waals surface area contributed by atoms with E-state index >= 15 is 0 Å². The van der Waals surface area contributed by atoms with Crippen molar-refractivity contribution in [2.75, 3.05) is 5.32 Å². The van der Waals surface area contributed by atoms with Crippen molar-refractivity contribution in [2.24, 2.45) is 0 Å². The molecule has 0 aliphatic heterocycles. The maximum atomic E-state index is 12.4. The van der Waals surface area contributed by atoms with Crippen molar-refractivity contribution in [1.82, 2.24) is 4.98 Å². The summed E-state index contributed by atoms with van der Waals surface area (Å²) in [6.45, 7) is 1.96. The van der Waals surface area contributed by atoms with E-state index in [4.69, 9.17) is 0 Å². The second-order valence-electron chi connectivity index (χ2n) is 6.63. The third-order valence-corrected chi connectivity index (χ3v) is 5.51. The number of anilines is 1. The zero-order valence-electron chi connectivity index (χ0n) is 16.0. The molecule has 4 rings (SSSR count). The Morgan fingerprint density at radius 2 is 1.50 bits per heavy atom. The number of hydrogen-bond acceptors (Lipinski definition) is 5. The minimum Gasteiger partial charge on any atom is -0.298 e. The molecule has 3 aromatic carbocycles. The molecule has 6 nitrogen and oxygen atoms in total.